The molecule has 3 nitrogen and oxygen atoms in total. The number of hydrogen-bond donors (Lipinski definition) is 1. The number of likely N-dealkylation sites (N-methyl/N-ethyl adjacent to an activating group) is 1. The molecule has 0 spiro atoms. The summed E-state index contributed by atoms with van der Waals surface area (Å²) in [5.74, 6) is 0.223. The van der Waals surface area contributed by atoms with E-state index in [2.05, 4.69) is 17.4 Å². The first-order valence-electron chi connectivity index (χ1n) is 5.29. The zero-order valence-electron chi connectivity index (χ0n) is 8.94. The first-order chi connectivity index (χ1) is 7.27. The van der Waals surface area contributed by atoms with Gasteiger partial charge in [0.2, 0.25) is 5.91 Å². The van der Waals surface area contributed by atoms with Crippen LogP contribution < -0.4 is 5.32 Å². The first kappa shape index (κ1) is 10.2. The van der Waals surface area contributed by atoms with Crippen molar-refractivity contribution in [3.05, 3.63) is 35.9 Å². The van der Waals surface area contributed by atoms with Crippen LogP contribution in [0.15, 0.2) is 30.3 Å². The van der Waals surface area contributed by atoms with Crippen LogP contribution >= 0.6 is 0 Å². The zero-order chi connectivity index (χ0) is 10.7. The average Bonchev–Trinajstić information content (AvgIpc) is 2.43. The summed E-state index contributed by atoms with van der Waals surface area (Å²) in [5, 5.41) is 3.40. The second-order valence-corrected chi connectivity index (χ2v) is 3.94. The third-order valence-corrected chi connectivity index (χ3v) is 2.81. The molecule has 1 N–H and O–H groups in total. The van der Waals surface area contributed by atoms with Crippen LogP contribution in [0.2, 0.25) is 0 Å². The number of rotatable bonds is 1. The number of benzene rings is 1. The van der Waals surface area contributed by atoms with Crippen LogP contribution in [0.25, 0.3) is 0 Å². The molecule has 1 aromatic rings. The fraction of sp³-hybridized carbons (Fsp3) is 0.417. The van der Waals surface area contributed by atoms with Gasteiger partial charge in [-0.2, -0.15) is 0 Å². The lowest BCUT2D eigenvalue weighted by atomic mass is 10.1. The fourth-order valence-corrected chi connectivity index (χ4v) is 1.89. The van der Waals surface area contributed by atoms with Gasteiger partial charge in [0.1, 0.15) is 0 Å². The number of nitrogens with one attached hydrogen (secondary N) is 1. The van der Waals surface area contributed by atoms with Gasteiger partial charge in [0.15, 0.2) is 0 Å². The highest BCUT2D eigenvalue weighted by Crippen LogP contribution is 2.16. The van der Waals surface area contributed by atoms with Crippen LogP contribution in [0.4, 0.5) is 0 Å². The van der Waals surface area contributed by atoms with Crippen molar-refractivity contribution in [3.63, 3.8) is 0 Å². The molecule has 3 heteroatoms. The van der Waals surface area contributed by atoms with Gasteiger partial charge in [0, 0.05) is 32.6 Å². The molecule has 1 aliphatic heterocycles. The lowest BCUT2D eigenvalue weighted by Crippen LogP contribution is -2.30. The third-order valence-electron chi connectivity index (χ3n) is 2.81. The zero-order valence-corrected chi connectivity index (χ0v) is 8.94. The van der Waals surface area contributed by atoms with Gasteiger partial charge in [-0.25, -0.2) is 0 Å². The molecular formula is C12H16N2O. The lowest BCUT2D eigenvalue weighted by Gasteiger charge is -2.21. The molecule has 0 saturated carbocycles. The summed E-state index contributed by atoms with van der Waals surface area (Å²) in [6, 6.07) is 10.5. The second kappa shape index (κ2) is 4.45. The van der Waals surface area contributed by atoms with E-state index in [-0.39, 0.29) is 11.9 Å². The molecule has 2 rings (SSSR count). The quantitative estimate of drug-likeness (QED) is 0.745. The van der Waals surface area contributed by atoms with Crippen LogP contribution in [0.3, 0.4) is 0 Å². The van der Waals surface area contributed by atoms with Gasteiger partial charge in [-0.15, -0.1) is 0 Å². The number of carbonyl (C=O) groups is 1. The van der Waals surface area contributed by atoms with Crippen molar-refractivity contribution in [3.8, 4) is 0 Å². The molecule has 0 radical (unpaired) electrons. The summed E-state index contributed by atoms with van der Waals surface area (Å²) in [7, 11) is 1.87. The van der Waals surface area contributed by atoms with E-state index >= 15 is 0 Å². The van der Waals surface area contributed by atoms with E-state index in [9.17, 15) is 4.79 Å². The van der Waals surface area contributed by atoms with Crippen molar-refractivity contribution in [2.24, 2.45) is 0 Å². The van der Waals surface area contributed by atoms with Crippen molar-refractivity contribution in [1.82, 2.24) is 10.2 Å². The van der Waals surface area contributed by atoms with Gasteiger partial charge in [0.25, 0.3) is 0 Å². The highest BCUT2D eigenvalue weighted by molar-refractivity contribution is 5.76. The van der Waals surface area contributed by atoms with Crippen molar-refractivity contribution < 1.29 is 4.79 Å². The Balaban J connectivity index is 2.13. The number of nitrogens with zero attached hydrogens (tertiary/aromatic N) is 1. The number of amides is 1. The maximum absolute atomic E-state index is 11.5. The number of hydrogen-bond acceptors (Lipinski definition) is 2. The smallest absolute Gasteiger partial charge is 0.223 e. The summed E-state index contributed by atoms with van der Waals surface area (Å²) in [6.45, 7) is 1.52. The molecule has 1 aromatic carbocycles. The topological polar surface area (TPSA) is 32.3 Å². The van der Waals surface area contributed by atoms with E-state index < -0.39 is 0 Å². The van der Waals surface area contributed by atoms with E-state index in [0.717, 1.165) is 13.1 Å². The minimum atomic E-state index is 0.223. The maximum Gasteiger partial charge on any atom is 0.223 e. The van der Waals surface area contributed by atoms with Gasteiger partial charge >= 0.3 is 0 Å². The monoisotopic (exact) mass is 204 g/mol. The largest absolute Gasteiger partial charge is 0.344 e. The molecule has 1 saturated heterocycles. The Bertz CT molecular complexity index is 337. The minimum absolute atomic E-state index is 0.223. The van der Waals surface area contributed by atoms with E-state index in [4.69, 9.17) is 0 Å². The predicted octanol–water partition coefficient (Wildman–Crippen LogP) is 1.18. The standard InChI is InChI=1S/C12H16N2O/c1-14-9-11(13-8-7-12(14)15)10-5-3-2-4-6-10/h2-6,11,13H,7-9H2,1H3. The molecule has 0 bridgehead atoms. The Morgan fingerprint density at radius 1 is 1.33 bits per heavy atom. The predicted molar refractivity (Wildman–Crippen MR) is 59.4 cm³/mol. The Labute approximate surface area is 90.1 Å². The molecule has 0 aromatic heterocycles. The Kier molecular flexibility index (Phi) is 3.02. The highest BCUT2D eigenvalue weighted by atomic mass is 16.2. The van der Waals surface area contributed by atoms with Crippen LogP contribution in [-0.2, 0) is 4.79 Å². The van der Waals surface area contributed by atoms with E-state index in [1.165, 1.54) is 5.56 Å². The Morgan fingerprint density at radius 2 is 2.07 bits per heavy atom. The van der Waals surface area contributed by atoms with Gasteiger partial charge in [-0.05, 0) is 5.56 Å². The first-order valence-corrected chi connectivity index (χ1v) is 5.29. The van der Waals surface area contributed by atoms with Gasteiger partial charge in [0.05, 0.1) is 0 Å². The SMILES string of the molecule is CN1CC(c2ccccc2)NCCC1=O. The van der Waals surface area contributed by atoms with Crippen LogP contribution in [0.5, 0.6) is 0 Å². The summed E-state index contributed by atoms with van der Waals surface area (Å²) in [4.78, 5) is 13.3. The lowest BCUT2D eigenvalue weighted by molar-refractivity contribution is -0.129. The molecule has 80 valence electrons. The fourth-order valence-electron chi connectivity index (χ4n) is 1.89. The Hall–Kier alpha value is -1.35. The molecule has 15 heavy (non-hydrogen) atoms. The highest BCUT2D eigenvalue weighted by Gasteiger charge is 2.20. The molecule has 1 heterocycles. The summed E-state index contributed by atoms with van der Waals surface area (Å²) in [5.41, 5.74) is 1.25. The van der Waals surface area contributed by atoms with Crippen LogP contribution in [0, 0.1) is 0 Å². The van der Waals surface area contributed by atoms with E-state index in [1.807, 2.05) is 25.2 Å². The van der Waals surface area contributed by atoms with Crippen LogP contribution in [-0.4, -0.2) is 30.9 Å². The van der Waals surface area contributed by atoms with E-state index in [0.29, 0.717) is 6.42 Å². The number of carbonyl (C=O) groups excluding carboxylic acids is 1. The van der Waals surface area contributed by atoms with Gasteiger partial charge in [-0.1, -0.05) is 30.3 Å². The van der Waals surface area contributed by atoms with Crippen LogP contribution in [0.1, 0.15) is 18.0 Å². The van der Waals surface area contributed by atoms with Gasteiger partial charge < -0.3 is 10.2 Å². The molecule has 0 aliphatic carbocycles. The normalized spacial score (nSPS) is 22.6. The average molecular weight is 204 g/mol. The molecule has 1 unspecified atom stereocenters. The summed E-state index contributed by atoms with van der Waals surface area (Å²) >= 11 is 0. The summed E-state index contributed by atoms with van der Waals surface area (Å²) < 4.78 is 0. The maximum atomic E-state index is 11.5. The molecule has 1 fully saturated rings. The van der Waals surface area contributed by atoms with E-state index in [1.54, 1.807) is 4.90 Å². The third kappa shape index (κ3) is 2.36. The van der Waals surface area contributed by atoms with Crippen molar-refractivity contribution >= 4 is 5.91 Å². The second-order valence-electron chi connectivity index (χ2n) is 3.94. The van der Waals surface area contributed by atoms with Crippen molar-refractivity contribution in [2.75, 3.05) is 20.1 Å². The van der Waals surface area contributed by atoms with Crippen molar-refractivity contribution in [1.29, 1.82) is 0 Å². The molecule has 1 atom stereocenters. The molecular weight excluding hydrogens is 188 g/mol. The summed E-state index contributed by atoms with van der Waals surface area (Å²) in [6.07, 6.45) is 0.597. The van der Waals surface area contributed by atoms with Crippen molar-refractivity contribution in [2.45, 2.75) is 12.5 Å². The molecule has 1 amide bonds. The minimum Gasteiger partial charge on any atom is -0.344 e. The van der Waals surface area contributed by atoms with Gasteiger partial charge in [-0.3, -0.25) is 4.79 Å². The Morgan fingerprint density at radius 3 is 2.80 bits per heavy atom. The molecule has 1 aliphatic rings.